The van der Waals surface area contributed by atoms with Crippen molar-refractivity contribution < 1.29 is 31.6 Å². The Bertz CT molecular complexity index is 1030. The molecule has 3 aromatic rings. The SMILES string of the molecule is O=C1SC(SC(Nc2ccccc2)=[NH+]c2ccccc2)C(=O)N1c1ccccc1.[Br-]. The third kappa shape index (κ3) is 5.33. The van der Waals surface area contributed by atoms with Crippen LogP contribution in [0.2, 0.25) is 0 Å². The molecule has 3 aromatic carbocycles. The lowest BCUT2D eigenvalue weighted by atomic mass is 10.3. The highest BCUT2D eigenvalue weighted by molar-refractivity contribution is 8.31. The Balaban J connectivity index is 0.00000256. The Hall–Kier alpha value is -2.55. The molecule has 1 aliphatic heterocycles. The molecular formula is C22H18BrN3O2S2. The van der Waals surface area contributed by atoms with Crippen LogP contribution in [0.25, 0.3) is 0 Å². The first kappa shape index (κ1) is 22.1. The summed E-state index contributed by atoms with van der Waals surface area (Å²) in [7, 11) is 0. The van der Waals surface area contributed by atoms with E-state index in [2.05, 4.69) is 10.3 Å². The van der Waals surface area contributed by atoms with Crippen LogP contribution < -0.4 is 32.2 Å². The summed E-state index contributed by atoms with van der Waals surface area (Å²) >= 11 is 2.32. The van der Waals surface area contributed by atoms with Gasteiger partial charge in [0.1, 0.15) is 11.4 Å². The Morgan fingerprint density at radius 3 is 2.07 bits per heavy atom. The lowest BCUT2D eigenvalue weighted by Gasteiger charge is -2.13. The number of imide groups is 1. The van der Waals surface area contributed by atoms with Crippen LogP contribution in [0.4, 0.5) is 21.9 Å². The number of nitrogens with zero attached hydrogens (tertiary/aromatic N) is 1. The zero-order valence-electron chi connectivity index (χ0n) is 15.7. The van der Waals surface area contributed by atoms with Gasteiger partial charge in [0.15, 0.2) is 4.58 Å². The third-order valence-electron chi connectivity index (χ3n) is 4.12. The number of amides is 2. The summed E-state index contributed by atoms with van der Waals surface area (Å²) in [5.41, 5.74) is 2.37. The molecule has 0 saturated carbocycles. The molecule has 30 heavy (non-hydrogen) atoms. The van der Waals surface area contributed by atoms with Gasteiger partial charge in [0.05, 0.1) is 5.69 Å². The Kier molecular flexibility index (Phi) is 7.73. The van der Waals surface area contributed by atoms with Gasteiger partial charge >= 0.3 is 5.17 Å². The highest BCUT2D eigenvalue weighted by atomic mass is 79.9. The molecule has 1 fully saturated rings. The second-order valence-corrected chi connectivity index (χ2v) is 8.62. The number of thioether (sulfide) groups is 2. The van der Waals surface area contributed by atoms with Crippen LogP contribution in [0.15, 0.2) is 91.0 Å². The number of anilines is 2. The number of benzene rings is 3. The quantitative estimate of drug-likeness (QED) is 0.411. The zero-order chi connectivity index (χ0) is 20.1. The van der Waals surface area contributed by atoms with Crippen molar-refractivity contribution in [2.75, 3.05) is 10.2 Å². The lowest BCUT2D eigenvalue weighted by Crippen LogP contribution is -3.00. The standard InChI is InChI=1S/C22H17N3O2S2.BrH/c26-19-20(29-22(27)25(19)18-14-8-3-9-15-18)28-21(23-16-10-4-1-5-11-16)24-17-12-6-2-7-13-17;/h1-15,20H,(H,23,24);1H. The van der Waals surface area contributed by atoms with Gasteiger partial charge < -0.3 is 17.0 Å². The van der Waals surface area contributed by atoms with Crippen molar-refractivity contribution in [2.24, 2.45) is 0 Å². The Morgan fingerprint density at radius 1 is 0.867 bits per heavy atom. The minimum absolute atomic E-state index is 0. The minimum Gasteiger partial charge on any atom is -1.00 e. The van der Waals surface area contributed by atoms with Crippen molar-refractivity contribution in [1.82, 2.24) is 0 Å². The molecule has 152 valence electrons. The number of para-hydroxylation sites is 3. The number of carbonyl (C=O) groups is 2. The first-order valence-corrected chi connectivity index (χ1v) is 10.7. The summed E-state index contributed by atoms with van der Waals surface area (Å²) in [6.45, 7) is 0. The predicted molar refractivity (Wildman–Crippen MR) is 120 cm³/mol. The zero-order valence-corrected chi connectivity index (χ0v) is 18.9. The first-order chi connectivity index (χ1) is 14.2. The van der Waals surface area contributed by atoms with Gasteiger partial charge in [0, 0.05) is 0 Å². The first-order valence-electron chi connectivity index (χ1n) is 8.98. The normalized spacial score (nSPS) is 16.3. The van der Waals surface area contributed by atoms with Crippen molar-refractivity contribution in [1.29, 1.82) is 0 Å². The summed E-state index contributed by atoms with van der Waals surface area (Å²) in [6, 6.07) is 28.4. The van der Waals surface area contributed by atoms with E-state index in [0.717, 1.165) is 23.1 Å². The maximum atomic E-state index is 13.0. The van der Waals surface area contributed by atoms with E-state index in [0.29, 0.717) is 10.9 Å². The predicted octanol–water partition coefficient (Wildman–Crippen LogP) is 0.830. The second kappa shape index (κ2) is 10.5. The summed E-state index contributed by atoms with van der Waals surface area (Å²) in [5, 5.41) is 3.73. The average molecular weight is 500 g/mol. The van der Waals surface area contributed by atoms with E-state index in [1.54, 1.807) is 12.1 Å². The molecule has 5 nitrogen and oxygen atoms in total. The number of carbonyl (C=O) groups excluding carboxylic acids is 2. The van der Waals surface area contributed by atoms with Gasteiger partial charge in [-0.1, -0.05) is 54.6 Å². The summed E-state index contributed by atoms with van der Waals surface area (Å²) in [4.78, 5) is 30.0. The van der Waals surface area contributed by atoms with Gasteiger partial charge in [-0.2, -0.15) is 0 Å². The Labute approximate surface area is 193 Å². The van der Waals surface area contributed by atoms with E-state index in [9.17, 15) is 9.59 Å². The average Bonchev–Trinajstić information content (AvgIpc) is 3.03. The third-order valence-corrected chi connectivity index (χ3v) is 6.35. The molecule has 0 bridgehead atoms. The highest BCUT2D eigenvalue weighted by Crippen LogP contribution is 2.37. The number of halogens is 1. The molecule has 1 atom stereocenters. The molecule has 2 amide bonds. The van der Waals surface area contributed by atoms with Gasteiger partial charge in [0.2, 0.25) is 0 Å². The van der Waals surface area contributed by atoms with E-state index >= 15 is 0 Å². The molecule has 0 radical (unpaired) electrons. The fourth-order valence-corrected chi connectivity index (χ4v) is 4.97. The molecule has 1 saturated heterocycles. The molecule has 1 aliphatic rings. The monoisotopic (exact) mass is 499 g/mol. The fourth-order valence-electron chi connectivity index (χ4n) is 2.78. The number of hydrogen-bond acceptors (Lipinski definition) is 4. The van der Waals surface area contributed by atoms with E-state index in [1.165, 1.54) is 16.7 Å². The largest absolute Gasteiger partial charge is 1.00 e. The smallest absolute Gasteiger partial charge is 0.315 e. The minimum atomic E-state index is -0.579. The van der Waals surface area contributed by atoms with Gasteiger partial charge in [-0.15, -0.1) is 0 Å². The van der Waals surface area contributed by atoms with Gasteiger partial charge in [0.25, 0.3) is 11.1 Å². The number of nitrogens with one attached hydrogen (secondary N) is 2. The maximum Gasteiger partial charge on any atom is 0.315 e. The number of amidine groups is 1. The van der Waals surface area contributed by atoms with E-state index in [4.69, 9.17) is 0 Å². The van der Waals surface area contributed by atoms with Crippen LogP contribution in [0.1, 0.15) is 0 Å². The van der Waals surface area contributed by atoms with Crippen molar-refractivity contribution in [3.63, 3.8) is 0 Å². The van der Waals surface area contributed by atoms with Crippen LogP contribution in [-0.4, -0.2) is 20.9 Å². The lowest BCUT2D eigenvalue weighted by molar-refractivity contribution is -0.349. The van der Waals surface area contributed by atoms with Crippen LogP contribution in [0.5, 0.6) is 0 Å². The van der Waals surface area contributed by atoms with Gasteiger partial charge in [-0.25, -0.2) is 15.2 Å². The van der Waals surface area contributed by atoms with Gasteiger partial charge in [-0.05, 0) is 59.9 Å². The van der Waals surface area contributed by atoms with Crippen molar-refractivity contribution in [3.8, 4) is 0 Å². The molecule has 1 heterocycles. The second-order valence-electron chi connectivity index (χ2n) is 6.15. The maximum absolute atomic E-state index is 13.0. The van der Waals surface area contributed by atoms with Gasteiger partial charge in [-0.3, -0.25) is 9.59 Å². The van der Waals surface area contributed by atoms with Crippen molar-refractivity contribution in [2.45, 2.75) is 4.58 Å². The van der Waals surface area contributed by atoms with Crippen LogP contribution in [-0.2, 0) is 4.79 Å². The van der Waals surface area contributed by atoms with Crippen molar-refractivity contribution >= 4 is 56.9 Å². The summed E-state index contributed by atoms with van der Waals surface area (Å²) < 4.78 is -0.579. The highest BCUT2D eigenvalue weighted by Gasteiger charge is 2.43. The summed E-state index contributed by atoms with van der Waals surface area (Å²) in [5.74, 6) is -0.238. The molecule has 0 spiro atoms. The van der Waals surface area contributed by atoms with Crippen LogP contribution in [0.3, 0.4) is 0 Å². The molecule has 0 aliphatic carbocycles. The summed E-state index contributed by atoms with van der Waals surface area (Å²) in [6.07, 6.45) is 0. The Morgan fingerprint density at radius 2 is 1.43 bits per heavy atom. The van der Waals surface area contributed by atoms with E-state index in [1.807, 2.05) is 78.9 Å². The molecule has 8 heteroatoms. The molecular weight excluding hydrogens is 482 g/mol. The number of rotatable bonds is 4. The molecule has 4 rings (SSSR count). The molecule has 1 unspecified atom stereocenters. The van der Waals surface area contributed by atoms with Crippen molar-refractivity contribution in [3.05, 3.63) is 91.0 Å². The molecule has 2 N–H and O–H groups in total. The van der Waals surface area contributed by atoms with Crippen LogP contribution in [0, 0.1) is 0 Å². The van der Waals surface area contributed by atoms with E-state index < -0.39 is 4.58 Å². The number of hydrogen-bond donors (Lipinski definition) is 2. The molecule has 0 aromatic heterocycles. The topological polar surface area (TPSA) is 63.4 Å². The van der Waals surface area contributed by atoms with E-state index in [-0.39, 0.29) is 28.1 Å². The fraction of sp³-hybridized carbons (Fsp3) is 0.0455. The van der Waals surface area contributed by atoms with Crippen LogP contribution >= 0.6 is 23.5 Å².